The van der Waals surface area contributed by atoms with E-state index in [0.29, 0.717) is 6.54 Å². The minimum Gasteiger partial charge on any atom is -0.352 e. The van der Waals surface area contributed by atoms with Gasteiger partial charge in [0.25, 0.3) is 5.91 Å². The van der Waals surface area contributed by atoms with Gasteiger partial charge in [0.2, 0.25) is 0 Å². The van der Waals surface area contributed by atoms with E-state index in [1.54, 1.807) is 11.8 Å². The first-order valence-corrected chi connectivity index (χ1v) is 8.33. The van der Waals surface area contributed by atoms with Gasteiger partial charge in [-0.25, -0.2) is 0 Å². The van der Waals surface area contributed by atoms with Crippen LogP contribution in [-0.4, -0.2) is 18.2 Å². The van der Waals surface area contributed by atoms with Gasteiger partial charge in [-0.15, -0.1) is 11.8 Å². The lowest BCUT2D eigenvalue weighted by atomic mass is 10.1. The Balaban J connectivity index is 1.91. The van der Waals surface area contributed by atoms with Crippen molar-refractivity contribution in [2.24, 2.45) is 0 Å². The summed E-state index contributed by atoms with van der Waals surface area (Å²) < 4.78 is 0. The molecule has 1 amide bonds. The minimum atomic E-state index is 0.0186. The Morgan fingerprint density at radius 3 is 2.52 bits per heavy atom. The molecule has 0 bridgehead atoms. The summed E-state index contributed by atoms with van der Waals surface area (Å²) in [5.74, 6) is 1.05. The molecule has 2 rings (SSSR count). The van der Waals surface area contributed by atoms with E-state index in [0.717, 1.165) is 29.1 Å². The summed E-state index contributed by atoms with van der Waals surface area (Å²) in [6.45, 7) is 2.81. The fourth-order valence-electron chi connectivity index (χ4n) is 2.05. The summed E-state index contributed by atoms with van der Waals surface area (Å²) in [5, 5.41) is 3.01. The van der Waals surface area contributed by atoms with Gasteiger partial charge < -0.3 is 5.32 Å². The molecule has 0 fully saturated rings. The highest BCUT2D eigenvalue weighted by Crippen LogP contribution is 2.23. The summed E-state index contributed by atoms with van der Waals surface area (Å²) >= 11 is 1.74. The van der Waals surface area contributed by atoms with Gasteiger partial charge in [-0.1, -0.05) is 49.4 Å². The Labute approximate surface area is 131 Å². The lowest BCUT2D eigenvalue weighted by Gasteiger charge is -2.09. The molecule has 0 saturated carbocycles. The first kappa shape index (κ1) is 15.6. The van der Waals surface area contributed by atoms with Crippen LogP contribution in [0.5, 0.6) is 0 Å². The zero-order valence-electron chi connectivity index (χ0n) is 12.3. The Hall–Kier alpha value is -1.74. The molecule has 0 unspecified atom stereocenters. The van der Waals surface area contributed by atoms with Gasteiger partial charge in [-0.3, -0.25) is 4.79 Å². The van der Waals surface area contributed by atoms with E-state index < -0.39 is 0 Å². The number of hydrogen-bond acceptors (Lipinski definition) is 2. The molecule has 2 aromatic carbocycles. The molecule has 2 aromatic rings. The van der Waals surface area contributed by atoms with E-state index in [-0.39, 0.29) is 5.91 Å². The molecule has 21 heavy (non-hydrogen) atoms. The van der Waals surface area contributed by atoms with Crippen LogP contribution >= 0.6 is 11.8 Å². The molecule has 0 radical (unpaired) electrons. The van der Waals surface area contributed by atoms with Crippen LogP contribution in [0.1, 0.15) is 29.3 Å². The van der Waals surface area contributed by atoms with E-state index in [1.807, 2.05) is 42.5 Å². The molecule has 3 heteroatoms. The van der Waals surface area contributed by atoms with Crippen LogP contribution in [0.15, 0.2) is 59.5 Å². The van der Waals surface area contributed by atoms with Gasteiger partial charge in [-0.2, -0.15) is 0 Å². The lowest BCUT2D eigenvalue weighted by molar-refractivity contribution is 0.0951. The zero-order chi connectivity index (χ0) is 14.9. The van der Waals surface area contributed by atoms with E-state index in [4.69, 9.17) is 0 Å². The molecule has 0 heterocycles. The molecule has 0 spiro atoms. The van der Waals surface area contributed by atoms with E-state index >= 15 is 0 Å². The van der Waals surface area contributed by atoms with Crippen LogP contribution in [-0.2, 0) is 6.42 Å². The van der Waals surface area contributed by atoms with Crippen molar-refractivity contribution in [1.82, 2.24) is 5.32 Å². The number of carbonyl (C=O) groups excluding carboxylic acids is 1. The van der Waals surface area contributed by atoms with Crippen LogP contribution < -0.4 is 5.32 Å². The predicted molar refractivity (Wildman–Crippen MR) is 89.9 cm³/mol. The number of thioether (sulfide) groups is 1. The summed E-state index contributed by atoms with van der Waals surface area (Å²) in [6, 6.07) is 18.0. The highest BCUT2D eigenvalue weighted by Gasteiger charge is 2.10. The topological polar surface area (TPSA) is 29.1 Å². The molecule has 0 aromatic heterocycles. The van der Waals surface area contributed by atoms with Crippen molar-refractivity contribution < 1.29 is 4.79 Å². The minimum absolute atomic E-state index is 0.0186. The average Bonchev–Trinajstić information content (AvgIpc) is 2.54. The first-order chi connectivity index (χ1) is 10.3. The van der Waals surface area contributed by atoms with Crippen LogP contribution in [0.4, 0.5) is 0 Å². The monoisotopic (exact) mass is 299 g/mol. The summed E-state index contributed by atoms with van der Waals surface area (Å²) in [5.41, 5.74) is 2.02. The number of rotatable bonds is 7. The van der Waals surface area contributed by atoms with Crippen molar-refractivity contribution in [3.8, 4) is 0 Å². The van der Waals surface area contributed by atoms with Gasteiger partial charge in [0, 0.05) is 11.4 Å². The maximum absolute atomic E-state index is 12.3. The molecular formula is C18H21NOS. The molecule has 0 saturated heterocycles. The van der Waals surface area contributed by atoms with Crippen molar-refractivity contribution in [2.75, 3.05) is 12.3 Å². The summed E-state index contributed by atoms with van der Waals surface area (Å²) in [7, 11) is 0. The van der Waals surface area contributed by atoms with Crippen LogP contribution in [0.3, 0.4) is 0 Å². The molecule has 0 aliphatic rings. The van der Waals surface area contributed by atoms with Crippen molar-refractivity contribution >= 4 is 17.7 Å². The SMILES string of the molecule is CCCSc1ccccc1C(=O)NCCc1ccccc1. The standard InChI is InChI=1S/C18H21NOS/c1-2-14-21-17-11-7-6-10-16(17)18(20)19-13-12-15-8-4-3-5-9-15/h3-11H,2,12-14H2,1H3,(H,19,20). The first-order valence-electron chi connectivity index (χ1n) is 7.35. The summed E-state index contributed by atoms with van der Waals surface area (Å²) in [4.78, 5) is 13.4. The number of amides is 1. The number of carbonyl (C=O) groups is 1. The van der Waals surface area contributed by atoms with Gasteiger partial charge >= 0.3 is 0 Å². The van der Waals surface area contributed by atoms with E-state index in [1.165, 1.54) is 5.56 Å². The Kier molecular flexibility index (Phi) is 6.35. The summed E-state index contributed by atoms with van der Waals surface area (Å²) in [6.07, 6.45) is 1.96. The highest BCUT2D eigenvalue weighted by atomic mass is 32.2. The average molecular weight is 299 g/mol. The Bertz CT molecular complexity index is 568. The molecule has 0 atom stereocenters. The van der Waals surface area contributed by atoms with Crippen molar-refractivity contribution in [2.45, 2.75) is 24.7 Å². The molecule has 1 N–H and O–H groups in total. The van der Waals surface area contributed by atoms with Crippen LogP contribution in [0.2, 0.25) is 0 Å². The van der Waals surface area contributed by atoms with Gasteiger partial charge in [-0.05, 0) is 36.3 Å². The van der Waals surface area contributed by atoms with E-state index in [2.05, 4.69) is 24.4 Å². The normalized spacial score (nSPS) is 10.3. The molecule has 110 valence electrons. The number of hydrogen-bond donors (Lipinski definition) is 1. The second kappa shape index (κ2) is 8.53. The largest absolute Gasteiger partial charge is 0.352 e. The van der Waals surface area contributed by atoms with Gasteiger partial charge in [0.05, 0.1) is 5.56 Å². The third-order valence-electron chi connectivity index (χ3n) is 3.14. The van der Waals surface area contributed by atoms with E-state index in [9.17, 15) is 4.79 Å². The van der Waals surface area contributed by atoms with Crippen molar-refractivity contribution in [3.05, 3.63) is 65.7 Å². The van der Waals surface area contributed by atoms with Crippen molar-refractivity contribution in [3.63, 3.8) is 0 Å². The van der Waals surface area contributed by atoms with Crippen LogP contribution in [0, 0.1) is 0 Å². The lowest BCUT2D eigenvalue weighted by Crippen LogP contribution is -2.26. The molecular weight excluding hydrogens is 278 g/mol. The van der Waals surface area contributed by atoms with Gasteiger partial charge in [0.1, 0.15) is 0 Å². The quantitative estimate of drug-likeness (QED) is 0.778. The van der Waals surface area contributed by atoms with Crippen molar-refractivity contribution in [1.29, 1.82) is 0 Å². The van der Waals surface area contributed by atoms with Crippen LogP contribution in [0.25, 0.3) is 0 Å². The zero-order valence-corrected chi connectivity index (χ0v) is 13.2. The maximum atomic E-state index is 12.3. The number of benzene rings is 2. The smallest absolute Gasteiger partial charge is 0.252 e. The molecule has 2 nitrogen and oxygen atoms in total. The Morgan fingerprint density at radius 1 is 1.05 bits per heavy atom. The highest BCUT2D eigenvalue weighted by molar-refractivity contribution is 7.99. The van der Waals surface area contributed by atoms with Gasteiger partial charge in [0.15, 0.2) is 0 Å². The molecule has 0 aliphatic heterocycles. The number of nitrogens with one attached hydrogen (secondary N) is 1. The third-order valence-corrected chi connectivity index (χ3v) is 4.41. The second-order valence-corrected chi connectivity index (χ2v) is 5.97. The third kappa shape index (κ3) is 4.94. The Morgan fingerprint density at radius 2 is 1.76 bits per heavy atom. The maximum Gasteiger partial charge on any atom is 0.252 e. The molecule has 0 aliphatic carbocycles. The second-order valence-electron chi connectivity index (χ2n) is 4.84. The fourth-order valence-corrected chi connectivity index (χ4v) is 2.97. The predicted octanol–water partition coefficient (Wildman–Crippen LogP) is 4.16. The fraction of sp³-hybridized carbons (Fsp3) is 0.278.